The van der Waals surface area contributed by atoms with Gasteiger partial charge < -0.3 is 4.42 Å². The van der Waals surface area contributed by atoms with Gasteiger partial charge in [0.05, 0.1) is 16.3 Å². The summed E-state index contributed by atoms with van der Waals surface area (Å²) in [6.07, 6.45) is 4.57. The highest BCUT2D eigenvalue weighted by Crippen LogP contribution is 2.32. The lowest BCUT2D eigenvalue weighted by atomic mass is 10.3. The standard InChI is InChI=1S/C8H4BrClN2O/c9-6-1-2-13-7(6)5-3-11-4-12-8(5)10/h1-4H. The topological polar surface area (TPSA) is 38.9 Å². The van der Waals surface area contributed by atoms with Gasteiger partial charge in [-0.1, -0.05) is 11.6 Å². The Morgan fingerprint density at radius 1 is 1.46 bits per heavy atom. The second-order valence-electron chi connectivity index (χ2n) is 2.32. The second-order valence-corrected chi connectivity index (χ2v) is 3.54. The molecule has 0 saturated carbocycles. The summed E-state index contributed by atoms with van der Waals surface area (Å²) in [4.78, 5) is 7.72. The molecule has 2 aromatic rings. The minimum absolute atomic E-state index is 0.380. The first kappa shape index (κ1) is 8.72. The van der Waals surface area contributed by atoms with Crippen molar-refractivity contribution in [2.45, 2.75) is 0 Å². The lowest BCUT2D eigenvalue weighted by Crippen LogP contribution is -1.83. The van der Waals surface area contributed by atoms with Crippen LogP contribution in [0.3, 0.4) is 0 Å². The van der Waals surface area contributed by atoms with Gasteiger partial charge in [-0.05, 0) is 22.0 Å². The van der Waals surface area contributed by atoms with Gasteiger partial charge in [0.2, 0.25) is 0 Å². The quantitative estimate of drug-likeness (QED) is 0.739. The first-order valence-electron chi connectivity index (χ1n) is 3.48. The van der Waals surface area contributed by atoms with Gasteiger partial charge in [-0.3, -0.25) is 0 Å². The normalized spacial score (nSPS) is 10.3. The third kappa shape index (κ3) is 1.59. The van der Waals surface area contributed by atoms with E-state index in [0.717, 1.165) is 4.47 Å². The molecule has 0 bridgehead atoms. The summed E-state index contributed by atoms with van der Waals surface area (Å²) < 4.78 is 6.06. The van der Waals surface area contributed by atoms with Crippen LogP contribution in [0.2, 0.25) is 5.15 Å². The van der Waals surface area contributed by atoms with Gasteiger partial charge >= 0.3 is 0 Å². The molecular weight excluding hydrogens is 255 g/mol. The maximum Gasteiger partial charge on any atom is 0.152 e. The number of halogens is 2. The Morgan fingerprint density at radius 2 is 2.31 bits per heavy atom. The van der Waals surface area contributed by atoms with Crippen molar-refractivity contribution < 1.29 is 4.42 Å². The smallest absolute Gasteiger partial charge is 0.152 e. The number of rotatable bonds is 1. The zero-order valence-corrected chi connectivity index (χ0v) is 8.71. The SMILES string of the molecule is Clc1ncncc1-c1occc1Br. The molecule has 0 aliphatic heterocycles. The molecule has 2 rings (SSSR count). The minimum atomic E-state index is 0.380. The Labute approximate surface area is 87.9 Å². The molecule has 0 radical (unpaired) electrons. The van der Waals surface area contributed by atoms with E-state index in [-0.39, 0.29) is 0 Å². The molecule has 0 atom stereocenters. The molecular formula is C8H4BrClN2O. The molecule has 0 aromatic carbocycles. The average molecular weight is 259 g/mol. The summed E-state index contributed by atoms with van der Waals surface area (Å²) in [5.41, 5.74) is 0.682. The van der Waals surface area contributed by atoms with Crippen LogP contribution in [-0.4, -0.2) is 9.97 Å². The molecule has 0 fully saturated rings. The van der Waals surface area contributed by atoms with Gasteiger partial charge in [-0.2, -0.15) is 0 Å². The Morgan fingerprint density at radius 3 is 2.92 bits per heavy atom. The predicted molar refractivity (Wildman–Crippen MR) is 52.4 cm³/mol. The molecule has 13 heavy (non-hydrogen) atoms. The Kier molecular flexibility index (Phi) is 2.33. The van der Waals surface area contributed by atoms with Gasteiger partial charge in [-0.15, -0.1) is 0 Å². The van der Waals surface area contributed by atoms with Crippen molar-refractivity contribution >= 4 is 27.5 Å². The summed E-state index contributed by atoms with van der Waals surface area (Å²) >= 11 is 9.18. The van der Waals surface area contributed by atoms with Crippen LogP contribution in [0.25, 0.3) is 11.3 Å². The van der Waals surface area contributed by atoms with E-state index in [9.17, 15) is 0 Å². The van der Waals surface area contributed by atoms with Gasteiger partial charge in [0.25, 0.3) is 0 Å². The van der Waals surface area contributed by atoms with Crippen LogP contribution in [0, 0.1) is 0 Å². The van der Waals surface area contributed by atoms with Crippen LogP contribution in [0.1, 0.15) is 0 Å². The fourth-order valence-electron chi connectivity index (χ4n) is 0.953. The lowest BCUT2D eigenvalue weighted by Gasteiger charge is -1.98. The number of aromatic nitrogens is 2. The van der Waals surface area contributed by atoms with Crippen molar-refractivity contribution in [2.24, 2.45) is 0 Å². The van der Waals surface area contributed by atoms with E-state index in [1.165, 1.54) is 6.33 Å². The second kappa shape index (κ2) is 3.47. The van der Waals surface area contributed by atoms with Gasteiger partial charge in [0.15, 0.2) is 5.76 Å². The summed E-state index contributed by atoms with van der Waals surface area (Å²) in [7, 11) is 0. The van der Waals surface area contributed by atoms with Crippen molar-refractivity contribution in [1.82, 2.24) is 9.97 Å². The van der Waals surface area contributed by atoms with E-state index in [0.29, 0.717) is 16.5 Å². The first-order chi connectivity index (χ1) is 6.29. The monoisotopic (exact) mass is 258 g/mol. The van der Waals surface area contributed by atoms with Crippen LogP contribution < -0.4 is 0 Å². The van der Waals surface area contributed by atoms with E-state index >= 15 is 0 Å². The van der Waals surface area contributed by atoms with Gasteiger partial charge in [-0.25, -0.2) is 9.97 Å². The average Bonchev–Trinajstić information content (AvgIpc) is 2.52. The Hall–Kier alpha value is -0.870. The molecule has 2 aromatic heterocycles. The highest BCUT2D eigenvalue weighted by atomic mass is 79.9. The highest BCUT2D eigenvalue weighted by molar-refractivity contribution is 9.10. The minimum Gasteiger partial charge on any atom is -0.463 e. The van der Waals surface area contributed by atoms with E-state index in [4.69, 9.17) is 16.0 Å². The molecule has 5 heteroatoms. The third-order valence-electron chi connectivity index (χ3n) is 1.53. The van der Waals surface area contributed by atoms with Crippen molar-refractivity contribution in [3.8, 4) is 11.3 Å². The number of hydrogen-bond donors (Lipinski definition) is 0. The van der Waals surface area contributed by atoms with Crippen molar-refractivity contribution in [1.29, 1.82) is 0 Å². The zero-order chi connectivity index (χ0) is 9.26. The molecule has 0 amide bonds. The van der Waals surface area contributed by atoms with E-state index in [1.54, 1.807) is 18.5 Å². The maximum atomic E-state index is 5.86. The van der Waals surface area contributed by atoms with Crippen LogP contribution in [-0.2, 0) is 0 Å². The molecule has 0 spiro atoms. The molecule has 66 valence electrons. The van der Waals surface area contributed by atoms with E-state index in [1.807, 2.05) is 0 Å². The molecule has 2 heterocycles. The highest BCUT2D eigenvalue weighted by Gasteiger charge is 2.10. The van der Waals surface area contributed by atoms with Crippen LogP contribution in [0.15, 0.2) is 33.7 Å². The van der Waals surface area contributed by atoms with Crippen molar-refractivity contribution in [3.05, 3.63) is 34.5 Å². The predicted octanol–water partition coefficient (Wildman–Crippen LogP) is 3.15. The van der Waals surface area contributed by atoms with Crippen LogP contribution in [0.5, 0.6) is 0 Å². The Bertz CT molecular complexity index is 430. The van der Waals surface area contributed by atoms with Crippen LogP contribution in [0.4, 0.5) is 0 Å². The zero-order valence-electron chi connectivity index (χ0n) is 6.37. The summed E-state index contributed by atoms with van der Waals surface area (Å²) in [5, 5.41) is 0.380. The van der Waals surface area contributed by atoms with Gasteiger partial charge in [0, 0.05) is 6.20 Å². The number of hydrogen-bond acceptors (Lipinski definition) is 3. The summed E-state index contributed by atoms with van der Waals surface area (Å²) in [6, 6.07) is 1.79. The molecule has 0 unspecified atom stereocenters. The summed E-state index contributed by atoms with van der Waals surface area (Å²) in [5.74, 6) is 0.644. The fraction of sp³-hybridized carbons (Fsp3) is 0. The largest absolute Gasteiger partial charge is 0.463 e. The van der Waals surface area contributed by atoms with E-state index < -0.39 is 0 Å². The van der Waals surface area contributed by atoms with Gasteiger partial charge in [0.1, 0.15) is 11.5 Å². The molecule has 0 aliphatic rings. The molecule has 0 saturated heterocycles. The number of furan rings is 1. The first-order valence-corrected chi connectivity index (χ1v) is 4.65. The van der Waals surface area contributed by atoms with Crippen molar-refractivity contribution in [3.63, 3.8) is 0 Å². The third-order valence-corrected chi connectivity index (χ3v) is 2.45. The fourth-order valence-corrected chi connectivity index (χ4v) is 1.55. The molecule has 0 N–H and O–H groups in total. The number of nitrogens with zero attached hydrogens (tertiary/aromatic N) is 2. The Balaban J connectivity index is 2.59. The lowest BCUT2D eigenvalue weighted by molar-refractivity contribution is 0.580. The van der Waals surface area contributed by atoms with E-state index in [2.05, 4.69) is 25.9 Å². The molecule has 0 aliphatic carbocycles. The summed E-state index contributed by atoms with van der Waals surface area (Å²) in [6.45, 7) is 0. The maximum absolute atomic E-state index is 5.86. The molecule has 3 nitrogen and oxygen atoms in total. The van der Waals surface area contributed by atoms with Crippen LogP contribution >= 0.6 is 27.5 Å². The van der Waals surface area contributed by atoms with Crippen molar-refractivity contribution in [2.75, 3.05) is 0 Å².